The largest absolute Gasteiger partial charge is 0.481 e. The van der Waals surface area contributed by atoms with E-state index in [-0.39, 0.29) is 99.9 Å². The second kappa shape index (κ2) is 45.9. The third kappa shape index (κ3) is 29.7. The molecule has 0 spiro atoms. The van der Waals surface area contributed by atoms with Crippen molar-refractivity contribution in [1.29, 1.82) is 0 Å². The number of carbonyl (C=O) groups is 13. The Morgan fingerprint density at radius 2 is 0.648 bits per heavy atom. The molecule has 27 heteroatoms. The van der Waals surface area contributed by atoms with Crippen molar-refractivity contribution in [3.63, 3.8) is 0 Å². The minimum Gasteiger partial charge on any atom is -0.481 e. The Bertz CT molecular complexity index is 4450. The number of nitrogens with one attached hydrogen (secondary N) is 1. The van der Waals surface area contributed by atoms with Crippen molar-refractivity contribution < 1.29 is 124 Å². The van der Waals surface area contributed by atoms with E-state index in [4.69, 9.17) is 56.8 Å². The molecule has 2 N–H and O–H groups in total. The first-order valence-electron chi connectivity index (χ1n) is 56.4. The zero-order valence-electron chi connectivity index (χ0n) is 95.0. The van der Waals surface area contributed by atoms with Crippen LogP contribution in [0, 0.1) is 176 Å². The van der Waals surface area contributed by atoms with Crippen molar-refractivity contribution in [3.05, 3.63) is 0 Å². The molecular formula is C118H191NO26. The van der Waals surface area contributed by atoms with Crippen LogP contribution in [0.5, 0.6) is 0 Å². The smallest absolute Gasteiger partial charge is 0.311 e. The molecular weight excluding hydrogens is 1850 g/mol. The van der Waals surface area contributed by atoms with E-state index in [0.717, 1.165) is 130 Å². The van der Waals surface area contributed by atoms with Crippen LogP contribution >= 0.6 is 0 Å². The lowest BCUT2D eigenvalue weighted by Gasteiger charge is -2.59. The van der Waals surface area contributed by atoms with Crippen molar-refractivity contribution in [3.8, 4) is 0 Å². The van der Waals surface area contributed by atoms with E-state index in [9.17, 15) is 67.4 Å². The van der Waals surface area contributed by atoms with Crippen LogP contribution in [0.1, 0.15) is 414 Å². The van der Waals surface area contributed by atoms with Gasteiger partial charge in [0.05, 0.1) is 70.5 Å². The monoisotopic (exact) mass is 2040 g/mol. The molecule has 0 aromatic rings. The lowest BCUT2D eigenvalue weighted by molar-refractivity contribution is -0.214. The van der Waals surface area contributed by atoms with Gasteiger partial charge in [-0.05, 0) is 398 Å². The van der Waals surface area contributed by atoms with E-state index >= 15 is 0 Å². The number of hydrogen-bond donors (Lipinski definition) is 2. The number of carboxylic acid groups (broad SMARTS) is 1. The van der Waals surface area contributed by atoms with Gasteiger partial charge in [0.25, 0.3) is 0 Å². The van der Waals surface area contributed by atoms with Crippen LogP contribution in [0.2, 0.25) is 0 Å². The molecule has 20 saturated carbocycles. The number of rotatable bonds is 28. The maximum absolute atomic E-state index is 12.8. The second-order valence-corrected chi connectivity index (χ2v) is 55.5. The van der Waals surface area contributed by atoms with Crippen molar-refractivity contribution in [2.75, 3.05) is 6.61 Å². The molecule has 1 amide bonds. The summed E-state index contributed by atoms with van der Waals surface area (Å²) >= 11 is 0. The number of hydrogen-bond acceptors (Lipinski definition) is 25. The predicted molar refractivity (Wildman–Crippen MR) is 547 cm³/mol. The average molecular weight is 2040 g/mol. The van der Waals surface area contributed by atoms with E-state index in [2.05, 4.69) is 26.1 Å². The van der Waals surface area contributed by atoms with Crippen molar-refractivity contribution in [2.24, 2.45) is 176 Å². The summed E-state index contributed by atoms with van der Waals surface area (Å²) in [7, 11) is 0. The van der Waals surface area contributed by atoms with Gasteiger partial charge < -0.3 is 67.3 Å². The molecule has 824 valence electrons. The molecule has 145 heavy (non-hydrogen) atoms. The number of ether oxygens (including phenoxy) is 12. The summed E-state index contributed by atoms with van der Waals surface area (Å²) in [5.74, 6) is -0.265. The SMILES string of the molecule is CC(C(=O)NC12CC3CC(CC(C3)C1)C2)C(C)C(=O)OC(C)(C)C.CC(C(=O)OC(C)(C)C)C(C)C(=O)OC12CC3CC(C1)CC(C(=O)O)(C3)C2.CC(C(=O)OC1C2CC3CC(C2)CC1C3)C(C)C(=O)OC(C)(C)C.CC(C(=O)OC1CC2CCC1(C)C2(C)C)C(C)C(=O)OC(C)(C)C.CC(C(=O)OC1CC2CCC1C2)C(C)C(=O)OC(C)(C)C.CCOC(C)OC(=O)C(C)C(C)C(=O)OC12CC3CC(CC(C3)C1)C2. The van der Waals surface area contributed by atoms with Crippen molar-refractivity contribution >= 4 is 77.5 Å². The number of aliphatic carboxylic acids is 1. The minimum atomic E-state index is -0.757. The van der Waals surface area contributed by atoms with Gasteiger partial charge in [-0.3, -0.25) is 62.3 Å². The van der Waals surface area contributed by atoms with Gasteiger partial charge in [-0.2, -0.15) is 0 Å². The van der Waals surface area contributed by atoms with Gasteiger partial charge >= 0.3 is 71.6 Å². The van der Waals surface area contributed by atoms with Crippen LogP contribution < -0.4 is 5.32 Å². The molecule has 20 fully saturated rings. The van der Waals surface area contributed by atoms with E-state index < -0.39 is 134 Å². The van der Waals surface area contributed by atoms with E-state index in [1.807, 2.05) is 96.9 Å². The topological polar surface area (TPSA) is 365 Å². The van der Waals surface area contributed by atoms with E-state index in [1.165, 1.54) is 96.3 Å². The highest BCUT2D eigenvalue weighted by atomic mass is 16.7. The van der Waals surface area contributed by atoms with Gasteiger partial charge in [-0.25, -0.2) is 0 Å². The van der Waals surface area contributed by atoms with Crippen LogP contribution in [0.15, 0.2) is 0 Å². The molecule has 27 nitrogen and oxygen atoms in total. The molecule has 21 atom stereocenters. The molecule has 0 radical (unpaired) electrons. The van der Waals surface area contributed by atoms with Crippen molar-refractivity contribution in [2.45, 2.75) is 484 Å². The summed E-state index contributed by atoms with van der Waals surface area (Å²) in [6.45, 7) is 59.4. The standard InChI is InChI=1S/C21H32O6.C20H33NO3.C20H32O5.C20H32O4.C20H34O4.C17H28O4/c1-12(16(22)26-19(3,4)5)13(2)17(23)27-21-9-14-6-15(10-21)8-20(7-14,11-21)18(24)25;1-12(13(2)18(23)24-19(3,4)5)17(22)21-20-9-14-6-15(10-20)8-16(7-14)11-20;1-5-23-14(4)24-18(21)12(2)13(3)19(22)25-20-9-15-6-16(10-20)8-17(7-15)11-20;1-11(12(2)19(22)24-20(3,4)5)18(21)23-17-15-7-13-6-14(9-15)10-16(17)8-13;1-12(13(2)17(22)24-18(3,4)5)16(21)23-15-11-14-9-10-20(15,8)19(14,6)7;1-10(11(2)16(19)21-17(3,4)5)15(18)20-14-9-12-6-7-13(14)8-12/h12-15H,6-11H2,1-5H3,(H,24,25);12-16H,6-11H2,1-5H3,(H,21,22);12-17H,5-11H2,1-4H3;11-17H,6-10H2,1-5H3;12-15H,9-11H2,1-8H3;10-14H,6-9H2,1-5H3. The summed E-state index contributed by atoms with van der Waals surface area (Å²) in [6.07, 6.45) is 32.5. The van der Waals surface area contributed by atoms with Crippen LogP contribution in [-0.4, -0.2) is 159 Å². The second-order valence-electron chi connectivity index (χ2n) is 55.5. The van der Waals surface area contributed by atoms with Crippen LogP contribution in [0.25, 0.3) is 0 Å². The highest BCUT2D eigenvalue weighted by Gasteiger charge is 2.66. The van der Waals surface area contributed by atoms with Crippen molar-refractivity contribution in [1.82, 2.24) is 5.32 Å². The lowest BCUT2D eigenvalue weighted by Crippen LogP contribution is -2.61. The first-order chi connectivity index (χ1) is 66.8. The highest BCUT2D eigenvalue weighted by Crippen LogP contribution is 2.68. The molecule has 21 unspecified atom stereocenters. The van der Waals surface area contributed by atoms with Gasteiger partial charge in [0.1, 0.15) is 57.5 Å². The molecule has 20 aliphatic rings. The fourth-order valence-electron chi connectivity index (χ4n) is 29.4. The summed E-state index contributed by atoms with van der Waals surface area (Å²) in [5.41, 5.74) is -4.15. The quantitative estimate of drug-likeness (QED) is 0.0417. The Morgan fingerprint density at radius 3 is 0.993 bits per heavy atom. The van der Waals surface area contributed by atoms with Gasteiger partial charge in [-0.15, -0.1) is 0 Å². The zero-order chi connectivity index (χ0) is 108. The molecule has 0 aliphatic heterocycles. The number of esters is 11. The summed E-state index contributed by atoms with van der Waals surface area (Å²) in [4.78, 5) is 161. The van der Waals surface area contributed by atoms with Crippen LogP contribution in [-0.2, 0) is 119 Å². The molecule has 20 aliphatic carbocycles. The first kappa shape index (κ1) is 118. The normalized spacial score (nSPS) is 35.4. The fourth-order valence-corrected chi connectivity index (χ4v) is 29.4. The molecule has 20 bridgehead atoms. The average Bonchev–Trinajstić information content (AvgIpc) is 1.52. The fraction of sp³-hybridized carbons (Fsp3) is 0.890. The Labute approximate surface area is 868 Å². The summed E-state index contributed by atoms with van der Waals surface area (Å²) in [6, 6.07) is 0. The Balaban J connectivity index is 0.000000166. The van der Waals surface area contributed by atoms with Crippen LogP contribution in [0.4, 0.5) is 0 Å². The Kier molecular flexibility index (Phi) is 37.5. The number of carboxylic acids is 1. The van der Waals surface area contributed by atoms with Gasteiger partial charge in [-0.1, -0.05) is 104 Å². The lowest BCUT2D eigenvalue weighted by atomic mass is 9.48. The Hall–Kier alpha value is -6.93. The van der Waals surface area contributed by atoms with E-state index in [0.29, 0.717) is 61.4 Å². The molecule has 0 heterocycles. The zero-order valence-corrected chi connectivity index (χ0v) is 95.0. The first-order valence-corrected chi connectivity index (χ1v) is 56.4. The van der Waals surface area contributed by atoms with Gasteiger partial charge in [0.2, 0.25) is 5.91 Å². The number of carbonyl (C=O) groups excluding carboxylic acids is 12. The maximum Gasteiger partial charge on any atom is 0.311 e. The van der Waals surface area contributed by atoms with E-state index in [1.54, 1.807) is 104 Å². The maximum atomic E-state index is 12.8. The van der Waals surface area contributed by atoms with Crippen LogP contribution in [0.3, 0.4) is 0 Å². The predicted octanol–water partition coefficient (Wildman–Crippen LogP) is 22.6. The minimum absolute atomic E-state index is 0.00768. The third-order valence-electron chi connectivity index (χ3n) is 37.5. The summed E-state index contributed by atoms with van der Waals surface area (Å²) < 4.78 is 67.0. The molecule has 0 saturated heterocycles. The number of fused-ring (bicyclic) bond motifs is 4. The molecule has 20 rings (SSSR count). The molecule has 0 aromatic carbocycles. The molecule has 0 aromatic heterocycles. The van der Waals surface area contributed by atoms with Gasteiger partial charge in [0, 0.05) is 29.9 Å². The Morgan fingerprint density at radius 1 is 0.324 bits per heavy atom. The third-order valence-corrected chi connectivity index (χ3v) is 37.5. The van der Waals surface area contributed by atoms with Gasteiger partial charge in [0.15, 0.2) is 6.29 Å². The number of amides is 1. The highest BCUT2D eigenvalue weighted by molar-refractivity contribution is 5.87. The summed E-state index contributed by atoms with van der Waals surface area (Å²) in [5, 5.41) is 13.2.